The number of pyridine rings is 1. The molecule has 7 N–H and O–H groups in total. The van der Waals surface area contributed by atoms with Crippen molar-refractivity contribution >= 4 is 61.8 Å². The van der Waals surface area contributed by atoms with Crippen molar-refractivity contribution in [2.24, 2.45) is 16.5 Å². The van der Waals surface area contributed by atoms with Crippen LogP contribution in [0.3, 0.4) is 0 Å². The van der Waals surface area contributed by atoms with Crippen molar-refractivity contribution < 1.29 is 19.4 Å². The van der Waals surface area contributed by atoms with Gasteiger partial charge in [-0.05, 0) is 19.1 Å². The smallest absolute Gasteiger partial charge is 0.342 e. The van der Waals surface area contributed by atoms with Crippen LogP contribution in [0.1, 0.15) is 22.7 Å². The molecule has 2 aliphatic heterocycles. The van der Waals surface area contributed by atoms with Gasteiger partial charge in [0.2, 0.25) is 5.43 Å². The van der Waals surface area contributed by atoms with Gasteiger partial charge >= 0.3 is 5.97 Å². The molecule has 3 aromatic rings. The predicted molar refractivity (Wildman–Crippen MR) is 142 cm³/mol. The lowest BCUT2D eigenvalue weighted by molar-refractivity contribution is 0.0689. The van der Waals surface area contributed by atoms with Crippen LogP contribution in [0.2, 0.25) is 0 Å². The molecule has 15 heteroatoms. The lowest BCUT2D eigenvalue weighted by Gasteiger charge is -2.37. The number of aromatic nitrogens is 2. The Labute approximate surface area is 218 Å². The normalized spacial score (nSPS) is 18.2. The first-order chi connectivity index (χ1) is 17.6. The number of aromatic carboxylic acids is 1. The van der Waals surface area contributed by atoms with Crippen LogP contribution in [-0.4, -0.2) is 75.5 Å². The highest BCUT2D eigenvalue weighted by molar-refractivity contribution is 8.00. The van der Waals surface area contributed by atoms with Gasteiger partial charge in [-0.3, -0.25) is 9.69 Å². The molecular weight excluding hydrogens is 523 g/mol. The maximum Gasteiger partial charge on any atom is 0.342 e. The standard InChI is InChI=1S/C22H25FN8O4S2/c1-10-31-13-7-14(12(23)6-11(13)18(33)17(20(34)35)19(31)36-10)30-4-2-29(3-5-30)9-15(32)27-22-26-8-16(37-22)28-21(24)25/h6-8,10,15,32H,2-5,9H2,1H3,(H,26,27)(H,34,35)(H4,24,25,28). The Hall–Kier alpha value is -3.40. The fourth-order valence-corrected chi connectivity index (χ4v) is 6.49. The number of piperazine rings is 1. The topological polar surface area (TPSA) is 175 Å². The lowest BCUT2D eigenvalue weighted by Crippen LogP contribution is -2.49. The molecule has 37 heavy (non-hydrogen) atoms. The van der Waals surface area contributed by atoms with Crippen molar-refractivity contribution in [2.45, 2.75) is 23.6 Å². The number of nitrogens with one attached hydrogen (secondary N) is 1. The number of anilines is 2. The Morgan fingerprint density at radius 2 is 2.05 bits per heavy atom. The molecule has 0 radical (unpaired) electrons. The molecule has 1 fully saturated rings. The number of carboxylic acid groups (broad SMARTS) is 1. The van der Waals surface area contributed by atoms with Crippen LogP contribution in [-0.2, 0) is 0 Å². The molecule has 0 bridgehead atoms. The summed E-state index contributed by atoms with van der Waals surface area (Å²) in [6, 6.07) is 2.78. The van der Waals surface area contributed by atoms with Crippen LogP contribution in [0.4, 0.5) is 20.2 Å². The van der Waals surface area contributed by atoms with Gasteiger partial charge < -0.3 is 36.5 Å². The minimum absolute atomic E-state index is 0.0614. The summed E-state index contributed by atoms with van der Waals surface area (Å²) in [5, 5.41) is 24.3. The molecule has 5 rings (SSSR count). The second kappa shape index (κ2) is 9.81. The Morgan fingerprint density at radius 3 is 2.70 bits per heavy atom. The quantitative estimate of drug-likeness (QED) is 0.164. The molecule has 0 saturated carbocycles. The van der Waals surface area contributed by atoms with E-state index in [-0.39, 0.29) is 22.3 Å². The summed E-state index contributed by atoms with van der Waals surface area (Å²) in [5.74, 6) is -1.95. The van der Waals surface area contributed by atoms with E-state index in [1.165, 1.54) is 29.3 Å². The zero-order valence-electron chi connectivity index (χ0n) is 19.7. The number of thioether (sulfide) groups is 1. The number of carbonyl (C=O) groups is 1. The molecule has 2 atom stereocenters. The SMILES string of the molecule is CC1Sc2c(C(=O)O)c(=O)c3cc(F)c(N4CCN(CC(O)Nc5ncc(N=C(N)N)s5)CC4)cc3n21. The van der Waals surface area contributed by atoms with E-state index < -0.39 is 23.4 Å². The number of rotatable bonds is 7. The molecule has 1 saturated heterocycles. The molecule has 2 aromatic heterocycles. The zero-order chi connectivity index (χ0) is 26.4. The molecule has 4 heterocycles. The highest BCUT2D eigenvalue weighted by Gasteiger charge is 2.33. The van der Waals surface area contributed by atoms with Gasteiger partial charge in [0.1, 0.15) is 22.6 Å². The molecule has 1 aromatic carbocycles. The number of thiazole rings is 1. The summed E-state index contributed by atoms with van der Waals surface area (Å²) in [6.07, 6.45) is 0.620. The molecule has 12 nitrogen and oxygen atoms in total. The van der Waals surface area contributed by atoms with E-state index in [1.54, 1.807) is 10.6 Å². The van der Waals surface area contributed by atoms with E-state index in [0.29, 0.717) is 59.1 Å². The number of hydrogen-bond acceptors (Lipinski definition) is 10. The summed E-state index contributed by atoms with van der Waals surface area (Å²) in [6.45, 7) is 4.42. The monoisotopic (exact) mass is 548 g/mol. The van der Waals surface area contributed by atoms with Crippen LogP contribution in [0, 0.1) is 5.82 Å². The number of halogens is 1. The third-order valence-corrected chi connectivity index (χ3v) is 8.25. The Balaban J connectivity index is 1.28. The van der Waals surface area contributed by atoms with Crippen molar-refractivity contribution in [3.8, 4) is 0 Å². The van der Waals surface area contributed by atoms with Crippen LogP contribution in [0.25, 0.3) is 10.9 Å². The van der Waals surface area contributed by atoms with Crippen molar-refractivity contribution in [3.05, 3.63) is 39.9 Å². The van der Waals surface area contributed by atoms with Crippen LogP contribution < -0.4 is 27.1 Å². The Morgan fingerprint density at radius 1 is 1.32 bits per heavy atom. The van der Waals surface area contributed by atoms with E-state index in [4.69, 9.17) is 11.5 Å². The third kappa shape index (κ3) is 4.82. The average Bonchev–Trinajstić information content (AvgIpc) is 3.24. The van der Waals surface area contributed by atoms with E-state index in [2.05, 4.69) is 15.3 Å². The Bertz CT molecular complexity index is 1460. The number of aliphatic hydroxyl groups is 1. The second-order valence-corrected chi connectivity index (χ2v) is 11.0. The number of β-amino-alcohol motifs (C(OH)–C–C–N with tert-alkyl or cyclic N) is 1. The van der Waals surface area contributed by atoms with Crippen molar-refractivity contribution in [1.29, 1.82) is 0 Å². The molecule has 196 valence electrons. The summed E-state index contributed by atoms with van der Waals surface area (Å²) < 4.78 is 16.9. The summed E-state index contributed by atoms with van der Waals surface area (Å²) in [7, 11) is 0. The first-order valence-electron chi connectivity index (χ1n) is 11.4. The predicted octanol–water partition coefficient (Wildman–Crippen LogP) is 1.38. The first-order valence-corrected chi connectivity index (χ1v) is 13.1. The lowest BCUT2D eigenvalue weighted by atomic mass is 10.1. The van der Waals surface area contributed by atoms with Crippen molar-refractivity contribution in [1.82, 2.24) is 14.5 Å². The zero-order valence-corrected chi connectivity index (χ0v) is 21.4. The number of aliphatic imine (C=N–C) groups is 1. The Kier molecular flexibility index (Phi) is 6.70. The summed E-state index contributed by atoms with van der Waals surface area (Å²) >= 11 is 2.52. The largest absolute Gasteiger partial charge is 0.477 e. The fraction of sp³-hybridized carbons (Fsp3) is 0.364. The summed E-state index contributed by atoms with van der Waals surface area (Å²) in [5.41, 5.74) is 10.6. The molecule has 2 unspecified atom stereocenters. The minimum Gasteiger partial charge on any atom is -0.477 e. The van der Waals surface area contributed by atoms with Gasteiger partial charge in [-0.25, -0.2) is 19.2 Å². The van der Waals surface area contributed by atoms with E-state index in [0.717, 1.165) is 6.07 Å². The average molecular weight is 549 g/mol. The number of hydrogen-bond donors (Lipinski definition) is 5. The molecule has 0 aliphatic carbocycles. The van der Waals surface area contributed by atoms with Crippen molar-refractivity contribution in [3.63, 3.8) is 0 Å². The van der Waals surface area contributed by atoms with Gasteiger partial charge in [0, 0.05) is 38.1 Å². The number of carboxylic acids is 1. The highest BCUT2D eigenvalue weighted by atomic mass is 32.2. The second-order valence-electron chi connectivity index (χ2n) is 8.71. The fourth-order valence-electron chi connectivity index (χ4n) is 4.58. The molecule has 0 spiro atoms. The van der Waals surface area contributed by atoms with E-state index >= 15 is 4.39 Å². The van der Waals surface area contributed by atoms with E-state index in [9.17, 15) is 19.8 Å². The number of aliphatic hydroxyl groups excluding tert-OH is 1. The van der Waals surface area contributed by atoms with E-state index in [1.807, 2.05) is 16.7 Å². The van der Waals surface area contributed by atoms with Gasteiger partial charge in [0.15, 0.2) is 11.1 Å². The molecular formula is C22H25FN8O4S2. The van der Waals surface area contributed by atoms with Gasteiger partial charge in [0.05, 0.1) is 27.8 Å². The van der Waals surface area contributed by atoms with Gasteiger partial charge in [-0.15, -0.1) is 0 Å². The number of nitrogens with zero attached hydrogens (tertiary/aromatic N) is 5. The minimum atomic E-state index is -1.31. The number of benzene rings is 1. The summed E-state index contributed by atoms with van der Waals surface area (Å²) in [4.78, 5) is 36.5. The van der Waals surface area contributed by atoms with Crippen molar-refractivity contribution in [2.75, 3.05) is 42.9 Å². The first kappa shape index (κ1) is 25.3. The van der Waals surface area contributed by atoms with Crippen LogP contribution >= 0.6 is 23.1 Å². The number of guanidine groups is 1. The van der Waals surface area contributed by atoms with Gasteiger partial charge in [-0.2, -0.15) is 0 Å². The highest BCUT2D eigenvalue weighted by Crippen LogP contribution is 2.46. The third-order valence-electron chi connectivity index (χ3n) is 6.26. The van der Waals surface area contributed by atoms with Gasteiger partial charge in [-0.1, -0.05) is 23.1 Å². The number of nitrogens with two attached hydrogens (primary N) is 2. The maximum atomic E-state index is 15.2. The number of fused-ring (bicyclic) bond motifs is 3. The maximum absolute atomic E-state index is 15.2. The molecule has 2 aliphatic rings. The van der Waals surface area contributed by atoms with Gasteiger partial charge in [0.25, 0.3) is 0 Å². The van der Waals surface area contributed by atoms with Crippen LogP contribution in [0.15, 0.2) is 33.1 Å². The van der Waals surface area contributed by atoms with Crippen LogP contribution in [0.5, 0.6) is 0 Å². The molecule has 0 amide bonds.